The van der Waals surface area contributed by atoms with Gasteiger partial charge in [-0.05, 0) is 25.5 Å². The maximum Gasteiger partial charge on any atom is 0.436 e. The molecule has 23 heavy (non-hydrogen) atoms. The molecule has 0 radical (unpaired) electrons. The average molecular weight is 357 g/mol. The van der Waals surface area contributed by atoms with Crippen LogP contribution in [0.2, 0.25) is 5.15 Å². The second-order valence-electron chi connectivity index (χ2n) is 4.58. The Labute approximate surface area is 131 Å². The van der Waals surface area contributed by atoms with E-state index in [1.165, 1.54) is 13.8 Å². The first kappa shape index (κ1) is 17.5. The number of hydrogen-bond donors (Lipinski definition) is 0. The third-order valence-corrected chi connectivity index (χ3v) is 3.42. The lowest BCUT2D eigenvalue weighted by Crippen LogP contribution is -2.14. The van der Waals surface area contributed by atoms with E-state index in [0.717, 1.165) is 6.07 Å². The van der Waals surface area contributed by atoms with Crippen molar-refractivity contribution in [2.75, 3.05) is 6.61 Å². The summed E-state index contributed by atoms with van der Waals surface area (Å²) in [4.78, 5) is 11.9. The minimum atomic E-state index is -4.98. The minimum absolute atomic E-state index is 0.00393. The van der Waals surface area contributed by atoms with E-state index >= 15 is 0 Å². The summed E-state index contributed by atoms with van der Waals surface area (Å²) in [5.74, 6) is -1.25. The smallest absolute Gasteiger partial charge is 0.436 e. The first-order chi connectivity index (χ1) is 10.6. The Kier molecular flexibility index (Phi) is 4.52. The van der Waals surface area contributed by atoms with Crippen molar-refractivity contribution < 1.29 is 31.5 Å². The van der Waals surface area contributed by atoms with Crippen molar-refractivity contribution in [1.82, 2.24) is 9.61 Å². The molecule has 4 nitrogen and oxygen atoms in total. The highest BCUT2D eigenvalue weighted by Crippen LogP contribution is 2.37. The van der Waals surface area contributed by atoms with Crippen LogP contribution in [0.15, 0.2) is 6.07 Å². The van der Waals surface area contributed by atoms with Gasteiger partial charge in [-0.1, -0.05) is 11.6 Å². The Morgan fingerprint density at radius 1 is 1.43 bits per heavy atom. The number of rotatable bonds is 3. The van der Waals surface area contributed by atoms with Crippen LogP contribution >= 0.6 is 11.6 Å². The fraction of sp³-hybridized carbons (Fsp3) is 0.385. The highest BCUT2D eigenvalue weighted by Gasteiger charge is 2.41. The molecule has 126 valence electrons. The van der Waals surface area contributed by atoms with Crippen LogP contribution < -0.4 is 0 Å². The van der Waals surface area contributed by atoms with Crippen LogP contribution in [0.25, 0.3) is 5.52 Å². The molecule has 0 atom stereocenters. The maximum absolute atomic E-state index is 13.1. The zero-order valence-corrected chi connectivity index (χ0v) is 12.6. The standard InChI is InChI=1S/C13H10ClF5N2O2/c1-3-23-12(22)7-8-5(2)4-6(11(15)16)10(14)21(8)20-9(7)13(17,18)19/h4,11H,3H2,1-2H3. The molecule has 0 saturated heterocycles. The lowest BCUT2D eigenvalue weighted by atomic mass is 10.1. The highest BCUT2D eigenvalue weighted by atomic mass is 35.5. The molecule has 0 aliphatic heterocycles. The summed E-state index contributed by atoms with van der Waals surface area (Å²) in [5.41, 5.74) is -3.38. The molecule has 2 rings (SSSR count). The molecular formula is C13H10ClF5N2O2. The van der Waals surface area contributed by atoms with E-state index in [2.05, 4.69) is 9.84 Å². The number of fused-ring (bicyclic) bond motifs is 1. The number of hydrogen-bond acceptors (Lipinski definition) is 3. The Morgan fingerprint density at radius 3 is 2.52 bits per heavy atom. The molecule has 0 aromatic carbocycles. The number of aryl methyl sites for hydroxylation is 1. The molecule has 2 aromatic rings. The van der Waals surface area contributed by atoms with Crippen molar-refractivity contribution in [3.8, 4) is 0 Å². The first-order valence-corrected chi connectivity index (χ1v) is 6.71. The van der Waals surface area contributed by atoms with Gasteiger partial charge in [0.05, 0.1) is 17.7 Å². The fourth-order valence-electron chi connectivity index (χ4n) is 2.16. The zero-order chi connectivity index (χ0) is 17.5. The second-order valence-corrected chi connectivity index (χ2v) is 4.93. The van der Waals surface area contributed by atoms with Gasteiger partial charge in [0.2, 0.25) is 0 Å². The number of alkyl halides is 5. The normalized spacial score (nSPS) is 12.2. The van der Waals surface area contributed by atoms with E-state index in [1.54, 1.807) is 0 Å². The number of halogens is 6. The van der Waals surface area contributed by atoms with E-state index in [4.69, 9.17) is 11.6 Å². The van der Waals surface area contributed by atoms with Crippen molar-refractivity contribution in [1.29, 1.82) is 0 Å². The maximum atomic E-state index is 13.1. The van der Waals surface area contributed by atoms with Crippen molar-refractivity contribution in [2.24, 2.45) is 0 Å². The van der Waals surface area contributed by atoms with Gasteiger partial charge in [-0.2, -0.15) is 18.3 Å². The van der Waals surface area contributed by atoms with E-state index < -0.39 is 40.5 Å². The van der Waals surface area contributed by atoms with Gasteiger partial charge in [-0.3, -0.25) is 0 Å². The van der Waals surface area contributed by atoms with Gasteiger partial charge in [0.1, 0.15) is 10.7 Å². The van der Waals surface area contributed by atoms with Crippen molar-refractivity contribution in [3.05, 3.63) is 33.6 Å². The summed E-state index contributed by atoms with van der Waals surface area (Å²) in [7, 11) is 0. The lowest BCUT2D eigenvalue weighted by molar-refractivity contribution is -0.141. The van der Waals surface area contributed by atoms with Crippen LogP contribution in [-0.2, 0) is 10.9 Å². The second kappa shape index (κ2) is 5.95. The Balaban J connectivity index is 2.91. The number of nitrogens with zero attached hydrogens (tertiary/aromatic N) is 2. The number of carbonyl (C=O) groups excluding carboxylic acids is 1. The van der Waals surface area contributed by atoms with Crippen LogP contribution in [0.4, 0.5) is 22.0 Å². The predicted molar refractivity (Wildman–Crippen MR) is 70.9 cm³/mol. The summed E-state index contributed by atoms with van der Waals surface area (Å²) in [6, 6.07) is 0.924. The molecule has 0 aliphatic rings. The number of aromatic nitrogens is 2. The molecule has 2 heterocycles. The zero-order valence-electron chi connectivity index (χ0n) is 11.8. The van der Waals surface area contributed by atoms with E-state index in [0.29, 0.717) is 4.52 Å². The fourth-order valence-corrected chi connectivity index (χ4v) is 2.42. The van der Waals surface area contributed by atoms with E-state index in [9.17, 15) is 26.7 Å². The van der Waals surface area contributed by atoms with Crippen molar-refractivity contribution in [3.63, 3.8) is 0 Å². The van der Waals surface area contributed by atoms with E-state index in [1.807, 2.05) is 0 Å². The quantitative estimate of drug-likeness (QED) is 0.464. The van der Waals surface area contributed by atoms with Gasteiger partial charge in [0.15, 0.2) is 5.69 Å². The third kappa shape index (κ3) is 2.97. The number of carbonyl (C=O) groups is 1. The molecule has 0 aliphatic carbocycles. The molecule has 0 amide bonds. The summed E-state index contributed by atoms with van der Waals surface area (Å²) in [6.07, 6.45) is -7.98. The molecule has 10 heteroatoms. The number of ether oxygens (including phenoxy) is 1. The number of pyridine rings is 1. The Hall–Kier alpha value is -1.90. The summed E-state index contributed by atoms with van der Waals surface area (Å²) in [6.45, 7) is 2.54. The summed E-state index contributed by atoms with van der Waals surface area (Å²) < 4.78 is 70.4. The van der Waals surface area contributed by atoms with Crippen molar-refractivity contribution in [2.45, 2.75) is 26.4 Å². The number of esters is 1. The minimum Gasteiger partial charge on any atom is -0.462 e. The average Bonchev–Trinajstić information content (AvgIpc) is 2.84. The van der Waals surface area contributed by atoms with Crippen LogP contribution in [0.3, 0.4) is 0 Å². The summed E-state index contributed by atoms with van der Waals surface area (Å²) in [5, 5.41) is 2.52. The highest BCUT2D eigenvalue weighted by molar-refractivity contribution is 6.30. The molecule has 0 spiro atoms. The van der Waals surface area contributed by atoms with Crippen LogP contribution in [0.5, 0.6) is 0 Å². The molecule has 2 aromatic heterocycles. The predicted octanol–water partition coefficient (Wildman–Crippen LogP) is 4.43. The first-order valence-electron chi connectivity index (χ1n) is 6.33. The van der Waals surface area contributed by atoms with Crippen LogP contribution in [0.1, 0.15) is 40.5 Å². The largest absolute Gasteiger partial charge is 0.462 e. The summed E-state index contributed by atoms with van der Waals surface area (Å²) >= 11 is 5.73. The van der Waals surface area contributed by atoms with Crippen LogP contribution in [0, 0.1) is 6.92 Å². The topological polar surface area (TPSA) is 43.6 Å². The van der Waals surface area contributed by atoms with Crippen LogP contribution in [-0.4, -0.2) is 22.2 Å². The van der Waals surface area contributed by atoms with E-state index in [-0.39, 0.29) is 17.7 Å². The molecule has 0 fully saturated rings. The molecule has 0 bridgehead atoms. The molecule has 0 unspecified atom stereocenters. The molecule has 0 saturated carbocycles. The lowest BCUT2D eigenvalue weighted by Gasteiger charge is -2.09. The monoisotopic (exact) mass is 356 g/mol. The SMILES string of the molecule is CCOC(=O)c1c(C(F)(F)F)nn2c(Cl)c(C(F)F)cc(C)c12. The Bertz CT molecular complexity index is 770. The van der Waals surface area contributed by atoms with Gasteiger partial charge >= 0.3 is 12.1 Å². The van der Waals surface area contributed by atoms with Gasteiger partial charge in [-0.15, -0.1) is 0 Å². The van der Waals surface area contributed by atoms with Gasteiger partial charge < -0.3 is 4.74 Å². The Morgan fingerprint density at radius 2 is 2.04 bits per heavy atom. The van der Waals surface area contributed by atoms with Gasteiger partial charge in [-0.25, -0.2) is 18.1 Å². The van der Waals surface area contributed by atoms with Gasteiger partial charge in [0, 0.05) is 0 Å². The van der Waals surface area contributed by atoms with Crippen molar-refractivity contribution >= 4 is 23.1 Å². The van der Waals surface area contributed by atoms with Gasteiger partial charge in [0.25, 0.3) is 6.43 Å². The third-order valence-electron chi connectivity index (χ3n) is 3.04. The molecule has 0 N–H and O–H groups in total. The molecular weight excluding hydrogens is 347 g/mol.